The quantitative estimate of drug-likeness (QED) is 0.523. The largest absolute Gasteiger partial charge is 0.491 e. The van der Waals surface area contributed by atoms with Crippen molar-refractivity contribution >= 4 is 39.1 Å². The van der Waals surface area contributed by atoms with Gasteiger partial charge in [0.1, 0.15) is 18.2 Å². The van der Waals surface area contributed by atoms with E-state index < -0.39 is 10.0 Å². The Morgan fingerprint density at radius 3 is 2.76 bits per heavy atom. The molecule has 1 aliphatic rings. The van der Waals surface area contributed by atoms with E-state index in [0.717, 1.165) is 52.2 Å². The Kier molecular flexibility index (Phi) is 6.31. The van der Waals surface area contributed by atoms with Gasteiger partial charge >= 0.3 is 0 Å². The van der Waals surface area contributed by atoms with E-state index in [1.165, 1.54) is 0 Å². The summed E-state index contributed by atoms with van der Waals surface area (Å²) in [5.74, 6) is 1.85. The third-order valence-corrected chi connectivity index (χ3v) is 6.26. The number of rotatable bonds is 5. The molecular formula is C22H25ClN6O3S. The van der Waals surface area contributed by atoms with Gasteiger partial charge in [-0.15, -0.1) is 0 Å². The van der Waals surface area contributed by atoms with E-state index in [-0.39, 0.29) is 16.8 Å². The Hall–Kier alpha value is -3.11. The predicted molar refractivity (Wildman–Crippen MR) is 130 cm³/mol. The zero-order valence-corrected chi connectivity index (χ0v) is 20.2. The second kappa shape index (κ2) is 9.03. The summed E-state index contributed by atoms with van der Waals surface area (Å²) in [6, 6.07) is 7.49. The number of fused-ring (bicyclic) bond motifs is 1. The van der Waals surface area contributed by atoms with E-state index in [0.29, 0.717) is 19.7 Å². The molecule has 0 saturated carbocycles. The molecule has 4 rings (SSSR count). The normalized spacial score (nSPS) is 13.8. The van der Waals surface area contributed by atoms with E-state index >= 15 is 0 Å². The van der Waals surface area contributed by atoms with Gasteiger partial charge in [-0.3, -0.25) is 4.72 Å². The first-order chi connectivity index (χ1) is 15.6. The molecule has 1 aliphatic heterocycles. The molecule has 174 valence electrons. The van der Waals surface area contributed by atoms with Crippen LogP contribution in [0.1, 0.15) is 23.7 Å². The summed E-state index contributed by atoms with van der Waals surface area (Å²) in [6.45, 7) is 5.74. The van der Waals surface area contributed by atoms with Crippen LogP contribution in [0.2, 0.25) is 5.15 Å². The van der Waals surface area contributed by atoms with Gasteiger partial charge in [-0.1, -0.05) is 24.6 Å². The Bertz CT molecular complexity index is 1320. The van der Waals surface area contributed by atoms with Crippen LogP contribution in [-0.2, 0) is 23.0 Å². The van der Waals surface area contributed by atoms with Crippen LogP contribution in [0.4, 0.5) is 17.5 Å². The van der Waals surface area contributed by atoms with Crippen LogP contribution in [0.5, 0.6) is 5.75 Å². The standard InChI is InChI=1S/C22H25ClN6O3S/c1-4-17-13(2)26-22(24)27-21(17)29-7-8-32-19-6-5-14(9-16(19)12-29)15-10-18(20(23)25-11-15)28-33(3,30)31/h5-6,9-11,28H,4,7-8,12H2,1-3H3,(H2,24,26,27). The molecule has 0 radical (unpaired) electrons. The number of hydrogen-bond acceptors (Lipinski definition) is 8. The highest BCUT2D eigenvalue weighted by atomic mass is 35.5. The number of benzene rings is 1. The summed E-state index contributed by atoms with van der Waals surface area (Å²) in [7, 11) is -3.49. The Balaban J connectivity index is 1.71. The van der Waals surface area contributed by atoms with Crippen LogP contribution in [0, 0.1) is 6.92 Å². The Morgan fingerprint density at radius 1 is 1.24 bits per heavy atom. The Labute approximate surface area is 198 Å². The molecule has 0 aliphatic carbocycles. The number of halogens is 1. The average Bonchev–Trinajstić information content (AvgIpc) is 2.95. The number of aromatic nitrogens is 3. The van der Waals surface area contributed by atoms with Gasteiger partial charge in [-0.2, -0.15) is 4.98 Å². The van der Waals surface area contributed by atoms with Gasteiger partial charge in [-0.05, 0) is 37.1 Å². The number of pyridine rings is 1. The van der Waals surface area contributed by atoms with Crippen molar-refractivity contribution < 1.29 is 13.2 Å². The zero-order valence-electron chi connectivity index (χ0n) is 18.6. The molecule has 0 unspecified atom stereocenters. The molecule has 0 bridgehead atoms. The average molecular weight is 489 g/mol. The highest BCUT2D eigenvalue weighted by molar-refractivity contribution is 7.92. The smallest absolute Gasteiger partial charge is 0.229 e. The van der Waals surface area contributed by atoms with Gasteiger partial charge in [0.25, 0.3) is 0 Å². The predicted octanol–water partition coefficient (Wildman–Crippen LogP) is 3.42. The monoisotopic (exact) mass is 488 g/mol. The molecule has 3 N–H and O–H groups in total. The van der Waals surface area contributed by atoms with E-state index in [2.05, 4.69) is 31.5 Å². The third-order valence-electron chi connectivity index (χ3n) is 5.37. The summed E-state index contributed by atoms with van der Waals surface area (Å²) in [5.41, 5.74) is 10.6. The van der Waals surface area contributed by atoms with E-state index in [4.69, 9.17) is 22.1 Å². The number of nitrogens with one attached hydrogen (secondary N) is 1. The van der Waals surface area contributed by atoms with Crippen LogP contribution >= 0.6 is 11.6 Å². The minimum Gasteiger partial charge on any atom is -0.491 e. The summed E-state index contributed by atoms with van der Waals surface area (Å²) in [5, 5.41) is 0.0808. The van der Waals surface area contributed by atoms with Crippen LogP contribution in [0.15, 0.2) is 30.5 Å². The molecule has 9 nitrogen and oxygen atoms in total. The lowest BCUT2D eigenvalue weighted by atomic mass is 10.0. The van der Waals surface area contributed by atoms with Gasteiger partial charge in [0.15, 0.2) is 5.15 Å². The molecule has 3 heterocycles. The van der Waals surface area contributed by atoms with E-state index in [1.807, 2.05) is 25.1 Å². The van der Waals surface area contributed by atoms with Crippen molar-refractivity contribution in [3.05, 3.63) is 52.4 Å². The molecule has 0 fully saturated rings. The minimum atomic E-state index is -3.49. The van der Waals surface area contributed by atoms with Crippen molar-refractivity contribution in [3.8, 4) is 16.9 Å². The van der Waals surface area contributed by atoms with Gasteiger partial charge in [0.2, 0.25) is 16.0 Å². The molecule has 2 aromatic heterocycles. The van der Waals surface area contributed by atoms with Crippen molar-refractivity contribution in [2.75, 3.05) is 34.8 Å². The highest BCUT2D eigenvalue weighted by Gasteiger charge is 2.21. The topological polar surface area (TPSA) is 123 Å². The van der Waals surface area contributed by atoms with E-state index in [1.54, 1.807) is 12.3 Å². The number of ether oxygens (including phenoxy) is 1. The van der Waals surface area contributed by atoms with E-state index in [9.17, 15) is 8.42 Å². The lowest BCUT2D eigenvalue weighted by Crippen LogP contribution is -2.28. The number of nitrogens with two attached hydrogens (primary N) is 1. The maximum Gasteiger partial charge on any atom is 0.229 e. The maximum absolute atomic E-state index is 11.7. The van der Waals surface area contributed by atoms with Gasteiger partial charge < -0.3 is 15.4 Å². The first-order valence-corrected chi connectivity index (χ1v) is 12.7. The molecular weight excluding hydrogens is 464 g/mol. The van der Waals surface area contributed by atoms with Crippen molar-refractivity contribution in [1.29, 1.82) is 0 Å². The molecule has 0 spiro atoms. The Morgan fingerprint density at radius 2 is 2.03 bits per heavy atom. The molecule has 3 aromatic rings. The summed E-state index contributed by atoms with van der Waals surface area (Å²) >= 11 is 6.08. The second-order valence-corrected chi connectivity index (χ2v) is 9.96. The van der Waals surface area contributed by atoms with Gasteiger partial charge in [0, 0.05) is 35.1 Å². The minimum absolute atomic E-state index is 0.0808. The first-order valence-electron chi connectivity index (χ1n) is 10.4. The molecule has 0 saturated heterocycles. The summed E-state index contributed by atoms with van der Waals surface area (Å²) < 4.78 is 31.7. The van der Waals surface area contributed by atoms with Gasteiger partial charge in [-0.25, -0.2) is 18.4 Å². The van der Waals surface area contributed by atoms with Crippen molar-refractivity contribution in [3.63, 3.8) is 0 Å². The number of hydrogen-bond donors (Lipinski definition) is 2. The summed E-state index contributed by atoms with van der Waals surface area (Å²) in [4.78, 5) is 15.1. The van der Waals surface area contributed by atoms with Crippen LogP contribution in [0.3, 0.4) is 0 Å². The molecule has 0 atom stereocenters. The van der Waals surface area contributed by atoms with Gasteiger partial charge in [0.05, 0.1) is 18.5 Å². The molecule has 33 heavy (non-hydrogen) atoms. The highest BCUT2D eigenvalue weighted by Crippen LogP contribution is 2.33. The zero-order chi connectivity index (χ0) is 23.8. The lowest BCUT2D eigenvalue weighted by molar-refractivity contribution is 0.331. The maximum atomic E-state index is 11.7. The van der Waals surface area contributed by atoms with Crippen LogP contribution in [0.25, 0.3) is 11.1 Å². The fourth-order valence-electron chi connectivity index (χ4n) is 3.91. The van der Waals surface area contributed by atoms with Crippen LogP contribution in [-0.4, -0.2) is 42.8 Å². The number of anilines is 3. The fourth-order valence-corrected chi connectivity index (χ4v) is 4.67. The number of sulfonamides is 1. The third kappa shape index (κ3) is 5.12. The van der Waals surface area contributed by atoms with Crippen molar-refractivity contribution in [1.82, 2.24) is 15.0 Å². The number of nitrogen functional groups attached to an aromatic ring is 1. The molecule has 1 aromatic carbocycles. The summed E-state index contributed by atoms with van der Waals surface area (Å²) in [6.07, 6.45) is 3.46. The fraction of sp³-hybridized carbons (Fsp3) is 0.318. The molecule has 0 amide bonds. The first kappa shape index (κ1) is 23.1. The number of nitrogens with zero attached hydrogens (tertiary/aromatic N) is 4. The van der Waals surface area contributed by atoms with Crippen molar-refractivity contribution in [2.24, 2.45) is 0 Å². The lowest BCUT2D eigenvalue weighted by Gasteiger charge is -2.24. The molecule has 11 heteroatoms. The number of aryl methyl sites for hydroxylation is 1. The second-order valence-electron chi connectivity index (χ2n) is 7.85. The van der Waals surface area contributed by atoms with Crippen LogP contribution < -0.4 is 20.1 Å². The van der Waals surface area contributed by atoms with Crippen molar-refractivity contribution in [2.45, 2.75) is 26.8 Å². The SMILES string of the molecule is CCc1c(C)nc(N)nc1N1CCOc2ccc(-c3cnc(Cl)c(NS(C)(=O)=O)c3)cc2C1.